The molecule has 1 aromatic carbocycles. The highest BCUT2D eigenvalue weighted by Gasteiger charge is 2.59. The van der Waals surface area contributed by atoms with E-state index < -0.39 is 11.3 Å². The van der Waals surface area contributed by atoms with Crippen molar-refractivity contribution in [3.63, 3.8) is 0 Å². The van der Waals surface area contributed by atoms with Crippen molar-refractivity contribution in [1.29, 1.82) is 0 Å². The Kier molecular flexibility index (Phi) is 4.16. The molecule has 2 spiro atoms. The van der Waals surface area contributed by atoms with Crippen molar-refractivity contribution in [2.45, 2.75) is 43.6 Å². The molecule has 0 aromatic heterocycles. The summed E-state index contributed by atoms with van der Waals surface area (Å²) in [6.07, 6.45) is 2.39. The number of likely N-dealkylation sites (N-methyl/N-ethyl adjacent to an activating group) is 1. The standard InChI is InChI=1S/C19H24N2O5/c1-20-17(23)21(13-14-3-5-15(24-2)6-4-14)16(22)18(20)7-9-19(10-8-18)25-11-12-26-19/h3-6H,7-13H2,1-2H3. The van der Waals surface area contributed by atoms with E-state index in [2.05, 4.69) is 0 Å². The molecule has 2 aliphatic heterocycles. The van der Waals surface area contributed by atoms with Gasteiger partial charge in [-0.15, -0.1) is 0 Å². The molecule has 0 radical (unpaired) electrons. The summed E-state index contributed by atoms with van der Waals surface area (Å²) in [6, 6.07) is 7.17. The van der Waals surface area contributed by atoms with Crippen LogP contribution < -0.4 is 4.74 Å². The third-order valence-electron chi connectivity index (χ3n) is 5.96. The van der Waals surface area contributed by atoms with Crippen molar-refractivity contribution in [1.82, 2.24) is 9.80 Å². The van der Waals surface area contributed by atoms with Gasteiger partial charge in [-0.2, -0.15) is 0 Å². The zero-order valence-corrected chi connectivity index (χ0v) is 15.2. The molecule has 26 heavy (non-hydrogen) atoms. The Morgan fingerprint density at radius 3 is 2.23 bits per heavy atom. The van der Waals surface area contributed by atoms with E-state index in [9.17, 15) is 9.59 Å². The smallest absolute Gasteiger partial charge is 0.327 e. The first-order valence-corrected chi connectivity index (χ1v) is 9.00. The van der Waals surface area contributed by atoms with Gasteiger partial charge in [0.05, 0.1) is 26.9 Å². The van der Waals surface area contributed by atoms with Crippen LogP contribution in [0, 0.1) is 0 Å². The lowest BCUT2D eigenvalue weighted by Crippen LogP contribution is -2.54. The second-order valence-corrected chi connectivity index (χ2v) is 7.22. The number of methoxy groups -OCH3 is 1. The molecule has 0 atom stereocenters. The molecular formula is C19H24N2O5. The zero-order chi connectivity index (χ0) is 18.4. The van der Waals surface area contributed by atoms with Gasteiger partial charge in [-0.25, -0.2) is 4.79 Å². The van der Waals surface area contributed by atoms with Crippen LogP contribution in [-0.2, 0) is 20.8 Å². The molecule has 7 nitrogen and oxygen atoms in total. The van der Waals surface area contributed by atoms with E-state index >= 15 is 0 Å². The first-order valence-electron chi connectivity index (χ1n) is 9.00. The normalized spacial score (nSPS) is 24.1. The minimum atomic E-state index is -0.774. The van der Waals surface area contributed by atoms with Crippen LogP contribution in [0.25, 0.3) is 0 Å². The Labute approximate surface area is 152 Å². The summed E-state index contributed by atoms with van der Waals surface area (Å²) in [5.74, 6) is 0.0722. The van der Waals surface area contributed by atoms with Gasteiger partial charge in [0, 0.05) is 19.9 Å². The van der Waals surface area contributed by atoms with Crippen LogP contribution in [0.5, 0.6) is 5.75 Å². The number of nitrogens with zero attached hydrogens (tertiary/aromatic N) is 2. The highest BCUT2D eigenvalue weighted by atomic mass is 16.7. The minimum Gasteiger partial charge on any atom is -0.497 e. The molecule has 3 amide bonds. The van der Waals surface area contributed by atoms with Crippen molar-refractivity contribution in [3.05, 3.63) is 29.8 Å². The highest BCUT2D eigenvalue weighted by molar-refractivity contribution is 6.06. The van der Waals surface area contributed by atoms with Crippen LogP contribution in [0.3, 0.4) is 0 Å². The number of benzene rings is 1. The SMILES string of the molecule is COc1ccc(CN2C(=O)N(C)C3(CCC4(CC3)OCCO4)C2=O)cc1. The topological polar surface area (TPSA) is 68.3 Å². The van der Waals surface area contributed by atoms with Gasteiger partial charge in [0.1, 0.15) is 11.3 Å². The van der Waals surface area contributed by atoms with E-state index in [1.54, 1.807) is 19.1 Å². The van der Waals surface area contributed by atoms with E-state index in [-0.39, 0.29) is 18.5 Å². The summed E-state index contributed by atoms with van der Waals surface area (Å²) < 4.78 is 16.7. The quantitative estimate of drug-likeness (QED) is 0.773. The molecule has 3 fully saturated rings. The van der Waals surface area contributed by atoms with E-state index in [1.165, 1.54) is 4.90 Å². The Balaban J connectivity index is 1.51. The molecule has 0 unspecified atom stereocenters. The van der Waals surface area contributed by atoms with Gasteiger partial charge in [-0.05, 0) is 30.5 Å². The third-order valence-corrected chi connectivity index (χ3v) is 5.96. The Morgan fingerprint density at radius 1 is 1.04 bits per heavy atom. The molecule has 140 valence electrons. The summed E-state index contributed by atoms with van der Waals surface area (Å²) in [5, 5.41) is 0. The predicted molar refractivity (Wildman–Crippen MR) is 92.5 cm³/mol. The molecule has 1 aliphatic carbocycles. The van der Waals surface area contributed by atoms with Crippen LogP contribution in [0.4, 0.5) is 4.79 Å². The van der Waals surface area contributed by atoms with Crippen molar-refractivity contribution in [3.8, 4) is 5.75 Å². The zero-order valence-electron chi connectivity index (χ0n) is 15.2. The molecule has 0 N–H and O–H groups in total. The Bertz CT molecular complexity index is 701. The second-order valence-electron chi connectivity index (χ2n) is 7.22. The monoisotopic (exact) mass is 360 g/mol. The number of hydrogen-bond donors (Lipinski definition) is 0. The summed E-state index contributed by atoms with van der Waals surface area (Å²) in [6.45, 7) is 1.46. The Morgan fingerprint density at radius 2 is 1.65 bits per heavy atom. The lowest BCUT2D eigenvalue weighted by molar-refractivity contribution is -0.191. The summed E-state index contributed by atoms with van der Waals surface area (Å²) >= 11 is 0. The molecule has 4 rings (SSSR count). The van der Waals surface area contributed by atoms with E-state index in [0.29, 0.717) is 38.9 Å². The number of carbonyl (C=O) groups excluding carboxylic acids is 2. The minimum absolute atomic E-state index is 0.117. The van der Waals surface area contributed by atoms with Gasteiger partial charge < -0.3 is 19.1 Å². The van der Waals surface area contributed by atoms with E-state index in [4.69, 9.17) is 14.2 Å². The van der Waals surface area contributed by atoms with Crippen LogP contribution >= 0.6 is 0 Å². The van der Waals surface area contributed by atoms with Gasteiger partial charge in [0.15, 0.2) is 5.79 Å². The maximum absolute atomic E-state index is 13.2. The number of urea groups is 1. The van der Waals surface area contributed by atoms with E-state index in [1.807, 2.05) is 24.3 Å². The number of carbonyl (C=O) groups is 2. The fourth-order valence-corrected chi connectivity index (χ4v) is 4.28. The fourth-order valence-electron chi connectivity index (χ4n) is 4.28. The first kappa shape index (κ1) is 17.3. The highest BCUT2D eigenvalue weighted by Crippen LogP contribution is 2.46. The van der Waals surface area contributed by atoms with Gasteiger partial charge in [-0.3, -0.25) is 9.69 Å². The molecule has 2 saturated heterocycles. The lowest BCUT2D eigenvalue weighted by atomic mass is 9.77. The van der Waals surface area contributed by atoms with Gasteiger partial charge in [0.2, 0.25) is 0 Å². The molecular weight excluding hydrogens is 336 g/mol. The third kappa shape index (κ3) is 2.57. The van der Waals surface area contributed by atoms with Crippen molar-refractivity contribution in [2.75, 3.05) is 27.4 Å². The van der Waals surface area contributed by atoms with Crippen molar-refractivity contribution in [2.24, 2.45) is 0 Å². The van der Waals surface area contributed by atoms with Gasteiger partial charge >= 0.3 is 6.03 Å². The molecule has 3 aliphatic rings. The summed E-state index contributed by atoms with van der Waals surface area (Å²) in [4.78, 5) is 28.9. The van der Waals surface area contributed by atoms with Gasteiger partial charge in [-0.1, -0.05) is 12.1 Å². The molecule has 1 saturated carbocycles. The number of rotatable bonds is 3. The number of amides is 3. The second kappa shape index (κ2) is 6.25. The lowest BCUT2D eigenvalue weighted by Gasteiger charge is -2.42. The maximum Gasteiger partial charge on any atom is 0.327 e. The van der Waals surface area contributed by atoms with E-state index in [0.717, 1.165) is 11.3 Å². The summed E-state index contributed by atoms with van der Waals surface area (Å²) in [7, 11) is 3.33. The average Bonchev–Trinajstić information content (AvgIpc) is 3.19. The largest absolute Gasteiger partial charge is 0.497 e. The average molecular weight is 360 g/mol. The number of ether oxygens (including phenoxy) is 3. The molecule has 0 bridgehead atoms. The van der Waals surface area contributed by atoms with Crippen LogP contribution in [0.2, 0.25) is 0 Å². The molecule has 7 heteroatoms. The maximum atomic E-state index is 13.2. The van der Waals surface area contributed by atoms with Crippen LogP contribution in [0.1, 0.15) is 31.2 Å². The molecule has 2 heterocycles. The van der Waals surface area contributed by atoms with Gasteiger partial charge in [0.25, 0.3) is 5.91 Å². The van der Waals surface area contributed by atoms with Crippen molar-refractivity contribution >= 4 is 11.9 Å². The molecule has 1 aromatic rings. The predicted octanol–water partition coefficient (Wildman–Crippen LogP) is 2.15. The number of imide groups is 1. The van der Waals surface area contributed by atoms with Crippen LogP contribution in [-0.4, -0.2) is 60.4 Å². The number of hydrogen-bond acceptors (Lipinski definition) is 5. The first-order chi connectivity index (χ1) is 12.5. The fraction of sp³-hybridized carbons (Fsp3) is 0.579. The van der Waals surface area contributed by atoms with Crippen LogP contribution in [0.15, 0.2) is 24.3 Å². The van der Waals surface area contributed by atoms with Crippen molar-refractivity contribution < 1.29 is 23.8 Å². The summed E-state index contributed by atoms with van der Waals surface area (Å²) in [5.41, 5.74) is 0.122. The Hall–Kier alpha value is -2.12.